The summed E-state index contributed by atoms with van der Waals surface area (Å²) in [6, 6.07) is 7.86. The van der Waals surface area contributed by atoms with Gasteiger partial charge in [0.2, 0.25) is 0 Å². The maximum Gasteiger partial charge on any atom is 0.0717 e. The van der Waals surface area contributed by atoms with Crippen LogP contribution >= 0.6 is 11.6 Å². The van der Waals surface area contributed by atoms with E-state index in [1.807, 2.05) is 24.3 Å². The zero-order chi connectivity index (χ0) is 11.9. The summed E-state index contributed by atoms with van der Waals surface area (Å²) in [6.07, 6.45) is 3.81. The summed E-state index contributed by atoms with van der Waals surface area (Å²) in [4.78, 5) is 0. The van der Waals surface area contributed by atoms with Crippen molar-refractivity contribution in [3.05, 3.63) is 34.9 Å². The molecular formula is C14H20ClNO. The SMILES string of the molecule is Clc1cccc(COCC[C@H]2CCCNC2)c1. The van der Waals surface area contributed by atoms with E-state index < -0.39 is 0 Å². The van der Waals surface area contributed by atoms with Crippen LogP contribution in [0, 0.1) is 5.92 Å². The van der Waals surface area contributed by atoms with Crippen molar-refractivity contribution >= 4 is 11.6 Å². The molecule has 0 aliphatic carbocycles. The van der Waals surface area contributed by atoms with E-state index in [1.54, 1.807) is 0 Å². The fourth-order valence-electron chi connectivity index (χ4n) is 2.24. The van der Waals surface area contributed by atoms with E-state index in [-0.39, 0.29) is 0 Å². The molecule has 0 saturated carbocycles. The lowest BCUT2D eigenvalue weighted by atomic mass is 9.97. The van der Waals surface area contributed by atoms with Crippen molar-refractivity contribution in [3.8, 4) is 0 Å². The van der Waals surface area contributed by atoms with Crippen LogP contribution in [0.4, 0.5) is 0 Å². The molecule has 1 saturated heterocycles. The van der Waals surface area contributed by atoms with Crippen LogP contribution in [0.5, 0.6) is 0 Å². The number of hydrogen-bond acceptors (Lipinski definition) is 2. The first kappa shape index (κ1) is 12.9. The molecule has 3 heteroatoms. The van der Waals surface area contributed by atoms with Gasteiger partial charge in [0.25, 0.3) is 0 Å². The van der Waals surface area contributed by atoms with Crippen molar-refractivity contribution in [1.29, 1.82) is 0 Å². The van der Waals surface area contributed by atoms with Gasteiger partial charge in [-0.25, -0.2) is 0 Å². The zero-order valence-corrected chi connectivity index (χ0v) is 10.9. The standard InChI is InChI=1S/C14H20ClNO/c15-14-5-1-3-13(9-14)11-17-8-6-12-4-2-7-16-10-12/h1,3,5,9,12,16H,2,4,6-8,10-11H2/t12-/m1/s1. The maximum atomic E-state index is 5.92. The molecule has 0 radical (unpaired) electrons. The highest BCUT2D eigenvalue weighted by Gasteiger charge is 2.12. The number of piperidine rings is 1. The highest BCUT2D eigenvalue weighted by molar-refractivity contribution is 6.30. The topological polar surface area (TPSA) is 21.3 Å². The molecule has 1 aliphatic heterocycles. The number of ether oxygens (including phenoxy) is 1. The van der Waals surface area contributed by atoms with Crippen LogP contribution in [0.15, 0.2) is 24.3 Å². The van der Waals surface area contributed by atoms with Crippen molar-refractivity contribution in [1.82, 2.24) is 5.32 Å². The first-order valence-corrected chi connectivity index (χ1v) is 6.75. The molecule has 1 atom stereocenters. The molecule has 0 amide bonds. The molecular weight excluding hydrogens is 234 g/mol. The Hall–Kier alpha value is -0.570. The molecule has 17 heavy (non-hydrogen) atoms. The Morgan fingerprint density at radius 1 is 1.41 bits per heavy atom. The van der Waals surface area contributed by atoms with Crippen LogP contribution in [0.3, 0.4) is 0 Å². The first-order valence-electron chi connectivity index (χ1n) is 6.37. The smallest absolute Gasteiger partial charge is 0.0717 e. The Balaban J connectivity index is 1.62. The minimum atomic E-state index is 0.667. The minimum absolute atomic E-state index is 0.667. The quantitative estimate of drug-likeness (QED) is 0.814. The fraction of sp³-hybridized carbons (Fsp3) is 0.571. The lowest BCUT2D eigenvalue weighted by Crippen LogP contribution is -2.30. The molecule has 1 aromatic carbocycles. The van der Waals surface area contributed by atoms with Crippen molar-refractivity contribution < 1.29 is 4.74 Å². The summed E-state index contributed by atoms with van der Waals surface area (Å²) in [5, 5.41) is 4.21. The number of rotatable bonds is 5. The molecule has 0 aromatic heterocycles. The average Bonchev–Trinajstić information content (AvgIpc) is 2.36. The van der Waals surface area contributed by atoms with Crippen molar-refractivity contribution in [3.63, 3.8) is 0 Å². The Labute approximate surface area is 108 Å². The van der Waals surface area contributed by atoms with Gasteiger partial charge in [0.1, 0.15) is 0 Å². The Morgan fingerprint density at radius 2 is 2.35 bits per heavy atom. The molecule has 0 bridgehead atoms. The van der Waals surface area contributed by atoms with Crippen molar-refractivity contribution in [2.75, 3.05) is 19.7 Å². The third kappa shape index (κ3) is 4.66. The highest BCUT2D eigenvalue weighted by atomic mass is 35.5. The summed E-state index contributed by atoms with van der Waals surface area (Å²) in [6.45, 7) is 3.85. The summed E-state index contributed by atoms with van der Waals surface area (Å²) in [5.41, 5.74) is 1.15. The Morgan fingerprint density at radius 3 is 3.12 bits per heavy atom. The van der Waals surface area contributed by atoms with E-state index >= 15 is 0 Å². The summed E-state index contributed by atoms with van der Waals surface area (Å²) in [5.74, 6) is 0.795. The molecule has 1 heterocycles. The Bertz CT molecular complexity index is 337. The van der Waals surface area contributed by atoms with Gasteiger partial charge in [-0.1, -0.05) is 23.7 Å². The largest absolute Gasteiger partial charge is 0.377 e. The third-order valence-electron chi connectivity index (χ3n) is 3.23. The minimum Gasteiger partial charge on any atom is -0.377 e. The van der Waals surface area contributed by atoms with E-state index in [0.29, 0.717) is 6.61 Å². The average molecular weight is 254 g/mol. The molecule has 1 fully saturated rings. The van der Waals surface area contributed by atoms with E-state index in [1.165, 1.54) is 19.4 Å². The molecule has 94 valence electrons. The predicted octanol–water partition coefficient (Wildman–Crippen LogP) is 3.25. The van der Waals surface area contributed by atoms with E-state index in [2.05, 4.69) is 5.32 Å². The molecule has 2 rings (SSSR count). The van der Waals surface area contributed by atoms with Gasteiger partial charge in [-0.2, -0.15) is 0 Å². The summed E-state index contributed by atoms with van der Waals surface area (Å²) >= 11 is 5.92. The number of nitrogens with one attached hydrogen (secondary N) is 1. The second-order valence-corrected chi connectivity index (χ2v) is 5.12. The monoisotopic (exact) mass is 253 g/mol. The van der Waals surface area contributed by atoms with E-state index in [4.69, 9.17) is 16.3 Å². The molecule has 1 N–H and O–H groups in total. The van der Waals surface area contributed by atoms with Crippen LogP contribution in [-0.2, 0) is 11.3 Å². The van der Waals surface area contributed by atoms with Gasteiger partial charge in [-0.05, 0) is 56.0 Å². The van der Waals surface area contributed by atoms with Gasteiger partial charge in [0.15, 0.2) is 0 Å². The predicted molar refractivity (Wildman–Crippen MR) is 71.3 cm³/mol. The van der Waals surface area contributed by atoms with Gasteiger partial charge in [0.05, 0.1) is 6.61 Å². The summed E-state index contributed by atoms with van der Waals surface area (Å²) in [7, 11) is 0. The fourth-order valence-corrected chi connectivity index (χ4v) is 2.45. The van der Waals surface area contributed by atoms with Crippen molar-refractivity contribution in [2.24, 2.45) is 5.92 Å². The van der Waals surface area contributed by atoms with Gasteiger partial charge in [-0.3, -0.25) is 0 Å². The second kappa shape index (κ2) is 7.00. The normalized spacial score (nSPS) is 20.4. The van der Waals surface area contributed by atoms with Crippen LogP contribution < -0.4 is 5.32 Å². The number of benzene rings is 1. The molecule has 1 aromatic rings. The van der Waals surface area contributed by atoms with E-state index in [0.717, 1.165) is 36.1 Å². The van der Waals surface area contributed by atoms with Gasteiger partial charge in [-0.15, -0.1) is 0 Å². The summed E-state index contributed by atoms with van der Waals surface area (Å²) < 4.78 is 5.69. The van der Waals surface area contributed by atoms with Crippen LogP contribution in [0.25, 0.3) is 0 Å². The molecule has 2 nitrogen and oxygen atoms in total. The van der Waals surface area contributed by atoms with Crippen LogP contribution in [0.2, 0.25) is 5.02 Å². The number of hydrogen-bond donors (Lipinski definition) is 1. The second-order valence-electron chi connectivity index (χ2n) is 4.68. The zero-order valence-electron chi connectivity index (χ0n) is 10.1. The van der Waals surface area contributed by atoms with Crippen LogP contribution in [-0.4, -0.2) is 19.7 Å². The van der Waals surface area contributed by atoms with Gasteiger partial charge >= 0.3 is 0 Å². The van der Waals surface area contributed by atoms with Crippen molar-refractivity contribution in [2.45, 2.75) is 25.9 Å². The first-order chi connectivity index (χ1) is 8.34. The lowest BCUT2D eigenvalue weighted by Gasteiger charge is -2.22. The number of halogens is 1. The van der Waals surface area contributed by atoms with Gasteiger partial charge < -0.3 is 10.1 Å². The Kier molecular flexibility index (Phi) is 5.30. The van der Waals surface area contributed by atoms with Gasteiger partial charge in [0, 0.05) is 11.6 Å². The molecule has 0 spiro atoms. The lowest BCUT2D eigenvalue weighted by molar-refractivity contribution is 0.103. The highest BCUT2D eigenvalue weighted by Crippen LogP contribution is 2.15. The third-order valence-corrected chi connectivity index (χ3v) is 3.46. The maximum absolute atomic E-state index is 5.92. The molecule has 0 unspecified atom stereocenters. The van der Waals surface area contributed by atoms with Crippen LogP contribution in [0.1, 0.15) is 24.8 Å². The molecule has 1 aliphatic rings. The van der Waals surface area contributed by atoms with E-state index in [9.17, 15) is 0 Å².